The van der Waals surface area contributed by atoms with Gasteiger partial charge in [-0.1, -0.05) is 0 Å². The van der Waals surface area contributed by atoms with E-state index in [0.29, 0.717) is 12.1 Å². The molecule has 1 aromatic carbocycles. The van der Waals surface area contributed by atoms with E-state index < -0.39 is 0 Å². The van der Waals surface area contributed by atoms with Crippen LogP contribution in [0.3, 0.4) is 0 Å². The van der Waals surface area contributed by atoms with Gasteiger partial charge in [-0.25, -0.2) is 0 Å². The van der Waals surface area contributed by atoms with Crippen LogP contribution in [0.25, 0.3) is 0 Å². The molecule has 5 heteroatoms. The number of carbonyl (C=O) groups is 2. The van der Waals surface area contributed by atoms with E-state index in [4.69, 9.17) is 0 Å². The van der Waals surface area contributed by atoms with Crippen LogP contribution in [0.1, 0.15) is 44.0 Å². The summed E-state index contributed by atoms with van der Waals surface area (Å²) in [7, 11) is 0. The maximum atomic E-state index is 12.9. The first-order valence-corrected chi connectivity index (χ1v) is 9.03. The summed E-state index contributed by atoms with van der Waals surface area (Å²) in [5.41, 5.74) is 1.79. The second-order valence-corrected chi connectivity index (χ2v) is 6.68. The molecule has 0 N–H and O–H groups in total. The summed E-state index contributed by atoms with van der Waals surface area (Å²) in [5, 5.41) is 0. The number of anilines is 1. The van der Waals surface area contributed by atoms with Crippen molar-refractivity contribution in [3.63, 3.8) is 0 Å². The second-order valence-electron chi connectivity index (χ2n) is 6.68. The first-order chi connectivity index (χ1) is 11.6. The molecule has 0 aromatic heterocycles. The van der Waals surface area contributed by atoms with Gasteiger partial charge in [-0.15, -0.1) is 0 Å². The highest BCUT2D eigenvalue weighted by atomic mass is 16.2. The van der Waals surface area contributed by atoms with Crippen LogP contribution in [0.4, 0.5) is 5.69 Å². The molecule has 2 saturated heterocycles. The van der Waals surface area contributed by atoms with Crippen LogP contribution < -0.4 is 4.90 Å². The molecule has 130 valence electrons. The molecule has 2 atom stereocenters. The third-order valence-corrected chi connectivity index (χ3v) is 5.40. The molecule has 0 aliphatic carbocycles. The van der Waals surface area contributed by atoms with Gasteiger partial charge in [0, 0.05) is 43.5 Å². The topological polar surface area (TPSA) is 43.9 Å². The Morgan fingerprint density at radius 1 is 1.21 bits per heavy atom. The molecule has 0 bridgehead atoms. The van der Waals surface area contributed by atoms with E-state index >= 15 is 0 Å². The average molecular weight is 329 g/mol. The molecule has 24 heavy (non-hydrogen) atoms. The van der Waals surface area contributed by atoms with Crippen LogP contribution in [-0.2, 0) is 4.79 Å². The van der Waals surface area contributed by atoms with Gasteiger partial charge >= 0.3 is 0 Å². The van der Waals surface area contributed by atoms with Crippen LogP contribution in [0.5, 0.6) is 0 Å². The number of rotatable bonds is 4. The molecule has 0 saturated carbocycles. The number of nitrogens with zero attached hydrogens (tertiary/aromatic N) is 3. The van der Waals surface area contributed by atoms with Crippen molar-refractivity contribution in [2.45, 2.75) is 45.7 Å². The summed E-state index contributed by atoms with van der Waals surface area (Å²) in [5.74, 6) is 0.0605. The Kier molecular flexibility index (Phi) is 4.78. The van der Waals surface area contributed by atoms with Crippen molar-refractivity contribution in [1.82, 2.24) is 9.80 Å². The minimum atomic E-state index is -0.366. The molecule has 2 aliphatic heterocycles. The third kappa shape index (κ3) is 2.87. The van der Waals surface area contributed by atoms with Gasteiger partial charge in [0.2, 0.25) is 5.91 Å². The van der Waals surface area contributed by atoms with Crippen molar-refractivity contribution in [2.24, 2.45) is 0 Å². The van der Waals surface area contributed by atoms with Gasteiger partial charge in [-0.2, -0.15) is 0 Å². The number of hydrogen-bond acceptors (Lipinski definition) is 3. The number of benzene rings is 1. The summed E-state index contributed by atoms with van der Waals surface area (Å²) in [6.45, 7) is 9.48. The number of hydrogen-bond donors (Lipinski definition) is 0. The summed E-state index contributed by atoms with van der Waals surface area (Å²) < 4.78 is 0. The standard InChI is InChI=1S/C19H27N3O2/c1-4-20(5-2)16-10-8-15(9-11-16)19(24)22-13-17-7-6-12-21(17)18(23)14(22)3/h8-11,14,17H,4-7,12-13H2,1-3H3/t14-,17+/m0/s1. The van der Waals surface area contributed by atoms with E-state index in [2.05, 4.69) is 18.7 Å². The molecule has 3 rings (SSSR count). The van der Waals surface area contributed by atoms with Crippen molar-refractivity contribution in [3.8, 4) is 0 Å². The first kappa shape index (κ1) is 16.8. The minimum Gasteiger partial charge on any atom is -0.372 e. The van der Waals surface area contributed by atoms with Crippen molar-refractivity contribution < 1.29 is 9.59 Å². The van der Waals surface area contributed by atoms with Crippen molar-refractivity contribution in [3.05, 3.63) is 29.8 Å². The molecule has 1 aromatic rings. The van der Waals surface area contributed by atoms with Gasteiger partial charge in [0.1, 0.15) is 6.04 Å². The Morgan fingerprint density at radius 2 is 1.88 bits per heavy atom. The van der Waals surface area contributed by atoms with E-state index in [0.717, 1.165) is 38.2 Å². The Hall–Kier alpha value is -2.04. The van der Waals surface area contributed by atoms with Crippen LogP contribution >= 0.6 is 0 Å². The van der Waals surface area contributed by atoms with E-state index in [1.54, 1.807) is 4.90 Å². The summed E-state index contributed by atoms with van der Waals surface area (Å²) in [6.07, 6.45) is 2.05. The highest BCUT2D eigenvalue weighted by Crippen LogP contribution is 2.27. The molecule has 0 radical (unpaired) electrons. The maximum absolute atomic E-state index is 12.9. The van der Waals surface area contributed by atoms with Crippen LogP contribution in [0.2, 0.25) is 0 Å². The average Bonchev–Trinajstić information content (AvgIpc) is 3.08. The smallest absolute Gasteiger partial charge is 0.254 e. The molecule has 0 unspecified atom stereocenters. The second kappa shape index (κ2) is 6.83. The minimum absolute atomic E-state index is 0.0338. The molecule has 0 spiro atoms. The van der Waals surface area contributed by atoms with Gasteiger partial charge in [0.15, 0.2) is 0 Å². The quantitative estimate of drug-likeness (QED) is 0.852. The van der Waals surface area contributed by atoms with Crippen molar-refractivity contribution in [2.75, 3.05) is 31.1 Å². The molecule has 2 amide bonds. The monoisotopic (exact) mass is 329 g/mol. The highest BCUT2D eigenvalue weighted by Gasteiger charge is 2.42. The number of fused-ring (bicyclic) bond motifs is 1. The summed E-state index contributed by atoms with van der Waals surface area (Å²) in [6, 6.07) is 7.60. The van der Waals surface area contributed by atoms with E-state index in [9.17, 15) is 9.59 Å². The fourth-order valence-corrected chi connectivity index (χ4v) is 3.90. The van der Waals surface area contributed by atoms with Gasteiger partial charge in [0.25, 0.3) is 5.91 Å². The first-order valence-electron chi connectivity index (χ1n) is 9.03. The van der Waals surface area contributed by atoms with E-state index in [1.165, 1.54) is 0 Å². The Bertz CT molecular complexity index is 610. The van der Waals surface area contributed by atoms with E-state index in [1.807, 2.05) is 36.1 Å². The van der Waals surface area contributed by atoms with Gasteiger partial charge < -0.3 is 14.7 Å². The molecule has 2 aliphatic rings. The Labute approximate surface area is 144 Å². The van der Waals surface area contributed by atoms with Gasteiger partial charge in [-0.3, -0.25) is 9.59 Å². The predicted molar refractivity (Wildman–Crippen MR) is 95.2 cm³/mol. The molecule has 5 nitrogen and oxygen atoms in total. The lowest BCUT2D eigenvalue weighted by atomic mass is 10.0. The Balaban J connectivity index is 1.77. The fraction of sp³-hybridized carbons (Fsp3) is 0.579. The van der Waals surface area contributed by atoms with Gasteiger partial charge in [0.05, 0.1) is 0 Å². The lowest BCUT2D eigenvalue weighted by molar-refractivity contribution is -0.141. The van der Waals surface area contributed by atoms with Crippen LogP contribution in [0, 0.1) is 0 Å². The lowest BCUT2D eigenvalue weighted by Gasteiger charge is -2.41. The van der Waals surface area contributed by atoms with Crippen molar-refractivity contribution >= 4 is 17.5 Å². The summed E-state index contributed by atoms with van der Waals surface area (Å²) in [4.78, 5) is 31.4. The molecular formula is C19H27N3O2. The predicted octanol–water partition coefficient (Wildman–Crippen LogP) is 2.37. The molecular weight excluding hydrogens is 302 g/mol. The number of amides is 2. The SMILES string of the molecule is CCN(CC)c1ccc(C(=O)N2C[C@H]3CCCN3C(=O)[C@@H]2C)cc1. The maximum Gasteiger partial charge on any atom is 0.254 e. The fourth-order valence-electron chi connectivity index (χ4n) is 3.90. The largest absolute Gasteiger partial charge is 0.372 e. The zero-order valence-electron chi connectivity index (χ0n) is 14.9. The summed E-state index contributed by atoms with van der Waals surface area (Å²) >= 11 is 0. The molecule has 2 heterocycles. The highest BCUT2D eigenvalue weighted by molar-refractivity contribution is 5.98. The van der Waals surface area contributed by atoms with E-state index in [-0.39, 0.29) is 23.9 Å². The molecule has 2 fully saturated rings. The Morgan fingerprint density at radius 3 is 2.50 bits per heavy atom. The normalized spacial score (nSPS) is 23.4. The number of piperazine rings is 1. The van der Waals surface area contributed by atoms with Gasteiger partial charge in [-0.05, 0) is 57.9 Å². The lowest BCUT2D eigenvalue weighted by Crippen LogP contribution is -2.60. The third-order valence-electron chi connectivity index (χ3n) is 5.40. The van der Waals surface area contributed by atoms with Crippen LogP contribution in [-0.4, -0.2) is 59.9 Å². The zero-order valence-corrected chi connectivity index (χ0v) is 14.9. The van der Waals surface area contributed by atoms with Crippen LogP contribution in [0.15, 0.2) is 24.3 Å². The zero-order chi connectivity index (χ0) is 17.3. The van der Waals surface area contributed by atoms with Crippen molar-refractivity contribution in [1.29, 1.82) is 0 Å². The number of carbonyl (C=O) groups excluding carboxylic acids is 2.